The first-order valence-corrected chi connectivity index (χ1v) is 21.2. The monoisotopic (exact) mass is 772 g/mol. The van der Waals surface area contributed by atoms with Gasteiger partial charge in [-0.3, -0.25) is 8.97 Å². The number of para-hydroxylation sites is 4. The minimum absolute atomic E-state index is 0.0129. The Bertz CT molecular complexity index is 3780. The van der Waals surface area contributed by atoms with Crippen molar-refractivity contribution in [3.8, 4) is 33.6 Å². The molecular weight excluding hydrogens is 738 g/mol. The maximum absolute atomic E-state index is 5.63. The van der Waals surface area contributed by atoms with E-state index in [-0.39, 0.29) is 13.4 Å². The summed E-state index contributed by atoms with van der Waals surface area (Å²) >= 11 is 0. The van der Waals surface area contributed by atoms with Crippen LogP contribution in [0.25, 0.3) is 83.3 Å². The quantitative estimate of drug-likeness (QED) is 0.165. The van der Waals surface area contributed by atoms with Crippen molar-refractivity contribution in [2.75, 3.05) is 0 Å². The molecule has 0 unspecified atom stereocenters. The molecule has 0 spiro atoms. The molecule has 0 fully saturated rings. The van der Waals surface area contributed by atoms with E-state index in [4.69, 9.17) is 4.98 Å². The highest BCUT2D eigenvalue weighted by Gasteiger charge is 2.38. The second kappa shape index (κ2) is 12.4. The van der Waals surface area contributed by atoms with Crippen LogP contribution in [0.2, 0.25) is 0 Å². The van der Waals surface area contributed by atoms with Crippen LogP contribution in [0, 0.1) is 0 Å². The molecule has 3 aromatic heterocycles. The molecular formula is C55H34B2N4. The third kappa shape index (κ3) is 4.43. The van der Waals surface area contributed by atoms with Crippen LogP contribution in [0.1, 0.15) is 0 Å². The van der Waals surface area contributed by atoms with E-state index >= 15 is 0 Å². The van der Waals surface area contributed by atoms with Gasteiger partial charge in [-0.05, 0) is 74.4 Å². The van der Waals surface area contributed by atoms with Crippen molar-refractivity contribution >= 4 is 95.9 Å². The van der Waals surface area contributed by atoms with Crippen LogP contribution < -0.4 is 32.8 Å². The molecule has 5 heterocycles. The molecule has 12 aromatic rings. The number of hydrogen-bond acceptors (Lipinski definition) is 1. The third-order valence-electron chi connectivity index (χ3n) is 13.6. The average Bonchev–Trinajstić information content (AvgIpc) is 3.98. The molecule has 0 amide bonds. The highest BCUT2D eigenvalue weighted by atomic mass is 15.2. The van der Waals surface area contributed by atoms with Crippen LogP contribution in [0.4, 0.5) is 0 Å². The first-order chi connectivity index (χ1) is 30.3. The van der Waals surface area contributed by atoms with Crippen molar-refractivity contribution < 1.29 is 0 Å². The molecule has 9 aromatic carbocycles. The lowest BCUT2D eigenvalue weighted by atomic mass is 9.34. The Morgan fingerprint density at radius 2 is 0.885 bits per heavy atom. The van der Waals surface area contributed by atoms with Gasteiger partial charge in [-0.25, -0.2) is 4.98 Å². The molecule has 280 valence electrons. The normalized spacial score (nSPS) is 12.9. The van der Waals surface area contributed by atoms with Crippen LogP contribution in [0.5, 0.6) is 0 Å². The lowest BCUT2D eigenvalue weighted by Crippen LogP contribution is -2.56. The van der Waals surface area contributed by atoms with Gasteiger partial charge < -0.3 is 4.57 Å². The van der Waals surface area contributed by atoms with Gasteiger partial charge in [0.1, 0.15) is 0 Å². The van der Waals surface area contributed by atoms with Gasteiger partial charge in [0.15, 0.2) is 0 Å². The topological polar surface area (TPSA) is 27.2 Å². The smallest absolute Gasteiger partial charge is 0.247 e. The Morgan fingerprint density at radius 3 is 1.62 bits per heavy atom. The highest BCUT2D eigenvalue weighted by Crippen LogP contribution is 2.37. The summed E-state index contributed by atoms with van der Waals surface area (Å²) in [5.74, 6) is 0.934. The molecule has 2 aliphatic heterocycles. The lowest BCUT2D eigenvalue weighted by molar-refractivity contribution is 1.11. The van der Waals surface area contributed by atoms with E-state index < -0.39 is 0 Å². The van der Waals surface area contributed by atoms with Gasteiger partial charge in [-0.1, -0.05) is 187 Å². The predicted octanol–water partition coefficient (Wildman–Crippen LogP) is 8.52. The number of benzene rings is 9. The largest absolute Gasteiger partial charge is 0.310 e. The fourth-order valence-electron chi connectivity index (χ4n) is 11.2. The van der Waals surface area contributed by atoms with E-state index in [2.05, 4.69) is 220 Å². The van der Waals surface area contributed by atoms with Gasteiger partial charge in [0, 0.05) is 27.7 Å². The minimum Gasteiger partial charge on any atom is -0.310 e. The molecule has 0 saturated heterocycles. The molecule has 2 aliphatic rings. The minimum atomic E-state index is -0.0129. The average molecular weight is 773 g/mol. The van der Waals surface area contributed by atoms with Crippen LogP contribution in [0.3, 0.4) is 0 Å². The molecule has 6 heteroatoms. The number of imidazole rings is 2. The van der Waals surface area contributed by atoms with Gasteiger partial charge in [-0.2, -0.15) is 0 Å². The Labute approximate surface area is 352 Å². The van der Waals surface area contributed by atoms with Crippen molar-refractivity contribution in [1.82, 2.24) is 18.5 Å². The molecule has 14 rings (SSSR count). The molecule has 0 radical (unpaired) electrons. The fraction of sp³-hybridized carbons (Fsp3) is 0. The standard InChI is InChI=1S/C55H34B2N4/c1-3-17-35(18-4-1)37-21-7-10-25-41(37)56-43-27-12-14-31-49(43)61-54-45(56)29-16-32-50(54)60-52-33-46-51(34-47(52)58-55(60)61)59-48-30-13-9-23-39(48)40-24-15-28-44(53(40)59)57(46)42-26-11-8-22-38(42)36-19-5-2-6-20-36/h1-34H. The third-order valence-corrected chi connectivity index (χ3v) is 13.6. The SMILES string of the molecule is c1ccc(-c2ccccc2B2c3cc4c(cc3-n3c5ccccc5c5cccc2c53)nc2n3c5c(cccc5n42)B(c2ccccc2-c2ccccc2)c2ccccc2-3)cc1. The van der Waals surface area contributed by atoms with Crippen LogP contribution in [-0.4, -0.2) is 31.9 Å². The van der Waals surface area contributed by atoms with Gasteiger partial charge >= 0.3 is 0 Å². The fourth-order valence-corrected chi connectivity index (χ4v) is 11.2. The van der Waals surface area contributed by atoms with Crippen molar-refractivity contribution in [3.05, 3.63) is 206 Å². The molecule has 0 saturated carbocycles. The number of aromatic nitrogens is 4. The Hall–Kier alpha value is -7.82. The van der Waals surface area contributed by atoms with Crippen molar-refractivity contribution in [1.29, 1.82) is 0 Å². The summed E-state index contributed by atoms with van der Waals surface area (Å²) in [5, 5.41) is 2.55. The van der Waals surface area contributed by atoms with E-state index in [1.807, 2.05) is 0 Å². The second-order valence-electron chi connectivity index (χ2n) is 16.6. The summed E-state index contributed by atoms with van der Waals surface area (Å²) in [6, 6.07) is 76.1. The van der Waals surface area contributed by atoms with Crippen molar-refractivity contribution in [3.63, 3.8) is 0 Å². The molecule has 4 nitrogen and oxygen atoms in total. The van der Waals surface area contributed by atoms with Gasteiger partial charge in [0.2, 0.25) is 19.2 Å². The lowest BCUT2D eigenvalue weighted by Gasteiger charge is -2.28. The zero-order valence-corrected chi connectivity index (χ0v) is 33.1. The maximum atomic E-state index is 5.63. The van der Waals surface area contributed by atoms with E-state index in [9.17, 15) is 0 Å². The predicted molar refractivity (Wildman–Crippen MR) is 257 cm³/mol. The zero-order chi connectivity index (χ0) is 39.8. The number of rotatable bonds is 4. The van der Waals surface area contributed by atoms with Crippen LogP contribution >= 0.6 is 0 Å². The molecule has 0 aliphatic carbocycles. The van der Waals surface area contributed by atoms with Gasteiger partial charge in [0.05, 0.1) is 27.6 Å². The van der Waals surface area contributed by atoms with Gasteiger partial charge in [0.25, 0.3) is 0 Å². The van der Waals surface area contributed by atoms with Crippen LogP contribution in [-0.2, 0) is 0 Å². The Balaban J connectivity index is 1.09. The first kappa shape index (κ1) is 33.1. The summed E-state index contributed by atoms with van der Waals surface area (Å²) in [5.41, 5.74) is 22.1. The maximum Gasteiger partial charge on any atom is 0.247 e. The van der Waals surface area contributed by atoms with Crippen LogP contribution in [0.15, 0.2) is 206 Å². The summed E-state index contributed by atoms with van der Waals surface area (Å²) in [4.78, 5) is 5.63. The van der Waals surface area contributed by atoms with Gasteiger partial charge in [-0.15, -0.1) is 0 Å². The summed E-state index contributed by atoms with van der Waals surface area (Å²) in [6.45, 7) is 0.0308. The molecule has 0 atom stereocenters. The Kier molecular flexibility index (Phi) is 6.70. The summed E-state index contributed by atoms with van der Waals surface area (Å²) in [7, 11) is 0. The molecule has 61 heavy (non-hydrogen) atoms. The summed E-state index contributed by atoms with van der Waals surface area (Å²) < 4.78 is 7.37. The van der Waals surface area contributed by atoms with E-state index in [0.29, 0.717) is 0 Å². The van der Waals surface area contributed by atoms with Crippen molar-refractivity contribution in [2.45, 2.75) is 0 Å². The second-order valence-corrected chi connectivity index (χ2v) is 16.6. The first-order valence-electron chi connectivity index (χ1n) is 21.2. The molecule has 0 N–H and O–H groups in total. The Morgan fingerprint density at radius 1 is 0.344 bits per heavy atom. The number of hydrogen-bond donors (Lipinski definition) is 0. The highest BCUT2D eigenvalue weighted by molar-refractivity contribution is 6.99. The van der Waals surface area contributed by atoms with Crippen molar-refractivity contribution in [2.24, 2.45) is 0 Å². The molecule has 0 bridgehead atoms. The van der Waals surface area contributed by atoms with E-state index in [1.165, 1.54) is 93.7 Å². The number of fused-ring (bicyclic) bond motifs is 12. The van der Waals surface area contributed by atoms with E-state index in [1.54, 1.807) is 0 Å². The summed E-state index contributed by atoms with van der Waals surface area (Å²) in [6.07, 6.45) is 0. The van der Waals surface area contributed by atoms with E-state index in [0.717, 1.165) is 22.3 Å². The number of nitrogens with zero attached hydrogens (tertiary/aromatic N) is 4. The zero-order valence-electron chi connectivity index (χ0n) is 33.1.